The molecular formula is C31H31F3N4O5S. The molecule has 2 saturated heterocycles. The Bertz CT molecular complexity index is 1740. The summed E-state index contributed by atoms with van der Waals surface area (Å²) < 4.78 is 69.2. The Labute approximate surface area is 252 Å². The fourth-order valence-corrected chi connectivity index (χ4v) is 7.73. The number of fused-ring (bicyclic) bond motifs is 4. The number of carbonyl (C=O) groups is 2. The number of piperidine rings is 2. The van der Waals surface area contributed by atoms with Crippen LogP contribution in [0.2, 0.25) is 0 Å². The summed E-state index contributed by atoms with van der Waals surface area (Å²) in [6, 6.07) is 14.4. The van der Waals surface area contributed by atoms with Crippen LogP contribution in [-0.4, -0.2) is 66.8 Å². The zero-order chi connectivity index (χ0) is 31.2. The summed E-state index contributed by atoms with van der Waals surface area (Å²) in [6.07, 6.45) is -2.76. The molecule has 2 amide bonds. The molecule has 3 aliphatic heterocycles. The molecule has 0 spiro atoms. The highest BCUT2D eigenvalue weighted by atomic mass is 32.2. The third kappa shape index (κ3) is 6.03. The SMILES string of the molecule is O=C(CN1CCC[C@H](NS(=O)(=O)c2ccc(-c3ccc(C(F)(F)F)cc3)cc2)C1=O)N1CC2CC(C1)c1cccc(=O)n1C2. The summed E-state index contributed by atoms with van der Waals surface area (Å²) in [5.74, 6) is -0.485. The van der Waals surface area contributed by atoms with Crippen LogP contribution in [-0.2, 0) is 32.3 Å². The monoisotopic (exact) mass is 628 g/mol. The molecule has 2 bridgehead atoms. The average Bonchev–Trinajstić information content (AvgIpc) is 2.99. The molecule has 1 aromatic heterocycles. The maximum Gasteiger partial charge on any atom is 0.416 e. The number of rotatable bonds is 6. The maximum absolute atomic E-state index is 13.3. The minimum atomic E-state index is -4.45. The number of sulfonamides is 1. The van der Waals surface area contributed by atoms with E-state index in [0.717, 1.165) is 24.2 Å². The van der Waals surface area contributed by atoms with Crippen molar-refractivity contribution < 1.29 is 31.2 Å². The second kappa shape index (κ2) is 11.5. The van der Waals surface area contributed by atoms with Crippen LogP contribution in [0.4, 0.5) is 13.2 Å². The van der Waals surface area contributed by atoms with E-state index in [1.165, 1.54) is 41.3 Å². The van der Waals surface area contributed by atoms with Gasteiger partial charge in [0.25, 0.3) is 5.56 Å². The first-order valence-electron chi connectivity index (χ1n) is 14.5. The van der Waals surface area contributed by atoms with Crippen molar-refractivity contribution >= 4 is 21.8 Å². The van der Waals surface area contributed by atoms with Crippen LogP contribution in [0.5, 0.6) is 0 Å². The van der Waals surface area contributed by atoms with Crippen molar-refractivity contribution in [3.63, 3.8) is 0 Å². The van der Waals surface area contributed by atoms with E-state index in [1.807, 2.05) is 6.07 Å². The third-order valence-electron chi connectivity index (χ3n) is 8.70. The minimum Gasteiger partial charge on any atom is -0.340 e. The first-order valence-corrected chi connectivity index (χ1v) is 15.9. The summed E-state index contributed by atoms with van der Waals surface area (Å²) in [5.41, 5.74) is 1.13. The van der Waals surface area contributed by atoms with Crippen molar-refractivity contribution in [1.29, 1.82) is 0 Å². The lowest BCUT2D eigenvalue weighted by Crippen LogP contribution is -2.56. The van der Waals surface area contributed by atoms with Gasteiger partial charge in [0.2, 0.25) is 21.8 Å². The number of amides is 2. The Kier molecular flexibility index (Phi) is 7.87. The Morgan fingerprint density at radius 2 is 1.59 bits per heavy atom. The molecule has 13 heteroatoms. The summed E-state index contributed by atoms with van der Waals surface area (Å²) in [7, 11) is -4.10. The van der Waals surface area contributed by atoms with Crippen LogP contribution in [0.25, 0.3) is 11.1 Å². The molecule has 44 heavy (non-hydrogen) atoms. The number of benzene rings is 2. The van der Waals surface area contributed by atoms with E-state index in [0.29, 0.717) is 43.7 Å². The lowest BCUT2D eigenvalue weighted by atomic mass is 9.83. The average molecular weight is 629 g/mol. The number of carbonyl (C=O) groups excluding carboxylic acids is 2. The molecular weight excluding hydrogens is 597 g/mol. The van der Waals surface area contributed by atoms with Gasteiger partial charge in [0.1, 0.15) is 6.04 Å². The number of nitrogens with one attached hydrogen (secondary N) is 1. The second-order valence-corrected chi connectivity index (χ2v) is 13.4. The Hall–Kier alpha value is -3.97. The normalized spacial score (nSPS) is 22.1. The lowest BCUT2D eigenvalue weighted by Gasteiger charge is -2.43. The molecule has 2 unspecified atom stereocenters. The van der Waals surface area contributed by atoms with Gasteiger partial charge in [0.15, 0.2) is 0 Å². The molecule has 1 N–H and O–H groups in total. The Balaban J connectivity index is 1.08. The van der Waals surface area contributed by atoms with Crippen molar-refractivity contribution in [3.05, 3.63) is 88.3 Å². The zero-order valence-corrected chi connectivity index (χ0v) is 24.5. The van der Waals surface area contributed by atoms with Crippen molar-refractivity contribution in [2.45, 2.75) is 48.8 Å². The van der Waals surface area contributed by atoms with E-state index in [-0.39, 0.29) is 41.2 Å². The number of aromatic nitrogens is 1. The fourth-order valence-electron chi connectivity index (χ4n) is 6.50. The summed E-state index contributed by atoms with van der Waals surface area (Å²) in [5, 5.41) is 0. The number of nitrogens with zero attached hydrogens (tertiary/aromatic N) is 3. The first-order chi connectivity index (χ1) is 20.9. The van der Waals surface area contributed by atoms with Gasteiger partial charge in [0.05, 0.1) is 17.0 Å². The van der Waals surface area contributed by atoms with Gasteiger partial charge in [-0.05, 0) is 66.6 Å². The van der Waals surface area contributed by atoms with E-state index >= 15 is 0 Å². The molecule has 3 atom stereocenters. The van der Waals surface area contributed by atoms with Crippen molar-refractivity contribution in [3.8, 4) is 11.1 Å². The fraction of sp³-hybridized carbons (Fsp3) is 0.387. The summed E-state index contributed by atoms with van der Waals surface area (Å²) in [6.45, 7) is 1.69. The van der Waals surface area contributed by atoms with Crippen LogP contribution in [0.3, 0.4) is 0 Å². The number of pyridine rings is 1. The summed E-state index contributed by atoms with van der Waals surface area (Å²) in [4.78, 5) is 42.0. The van der Waals surface area contributed by atoms with Gasteiger partial charge < -0.3 is 14.4 Å². The number of hydrogen-bond acceptors (Lipinski definition) is 5. The van der Waals surface area contributed by atoms with Crippen molar-refractivity contribution in [1.82, 2.24) is 19.1 Å². The van der Waals surface area contributed by atoms with Crippen LogP contribution < -0.4 is 10.3 Å². The quantitative estimate of drug-likeness (QED) is 0.450. The summed E-state index contributed by atoms with van der Waals surface area (Å²) >= 11 is 0. The number of likely N-dealkylation sites (tertiary alicyclic amines) is 2. The standard InChI is InChI=1S/C31H31F3N4O5S/c32-31(33,34)24-10-6-21(7-11-24)22-8-12-25(13-9-22)44(42,43)35-26-3-2-14-36(30(26)41)19-29(40)37-16-20-15-23(18-37)27-4-1-5-28(39)38(27)17-20/h1,4-13,20,23,26,35H,2-3,14-19H2/t20?,23?,26-/m0/s1. The molecule has 9 nitrogen and oxygen atoms in total. The molecule has 0 aliphatic carbocycles. The highest BCUT2D eigenvalue weighted by Gasteiger charge is 2.38. The first kappa shape index (κ1) is 30.1. The highest BCUT2D eigenvalue weighted by Crippen LogP contribution is 2.35. The van der Waals surface area contributed by atoms with Gasteiger partial charge in [-0.3, -0.25) is 14.4 Å². The highest BCUT2D eigenvalue weighted by molar-refractivity contribution is 7.89. The molecule has 0 saturated carbocycles. The predicted molar refractivity (Wildman–Crippen MR) is 155 cm³/mol. The lowest BCUT2D eigenvalue weighted by molar-refractivity contribution is -0.144. The topological polar surface area (TPSA) is 109 Å². The molecule has 6 rings (SSSR count). The zero-order valence-electron chi connectivity index (χ0n) is 23.7. The number of alkyl halides is 3. The van der Waals surface area contributed by atoms with Crippen LogP contribution in [0.15, 0.2) is 76.4 Å². The van der Waals surface area contributed by atoms with E-state index in [2.05, 4.69) is 4.72 Å². The van der Waals surface area contributed by atoms with Crippen LogP contribution >= 0.6 is 0 Å². The van der Waals surface area contributed by atoms with Gasteiger partial charge in [-0.15, -0.1) is 0 Å². The van der Waals surface area contributed by atoms with E-state index < -0.39 is 33.7 Å². The third-order valence-corrected chi connectivity index (χ3v) is 10.2. The molecule has 4 heterocycles. The largest absolute Gasteiger partial charge is 0.416 e. The Morgan fingerprint density at radius 1 is 0.909 bits per heavy atom. The molecule has 2 aromatic carbocycles. The van der Waals surface area contributed by atoms with Gasteiger partial charge in [-0.25, -0.2) is 8.42 Å². The van der Waals surface area contributed by atoms with Crippen LogP contribution in [0, 0.1) is 5.92 Å². The minimum absolute atomic E-state index is 0.0422. The molecule has 0 radical (unpaired) electrons. The van der Waals surface area contributed by atoms with Crippen molar-refractivity contribution in [2.24, 2.45) is 5.92 Å². The molecule has 3 aliphatic rings. The van der Waals surface area contributed by atoms with Gasteiger partial charge >= 0.3 is 6.18 Å². The van der Waals surface area contributed by atoms with Crippen LogP contribution in [0.1, 0.15) is 36.4 Å². The van der Waals surface area contributed by atoms with E-state index in [9.17, 15) is 36.0 Å². The number of halogens is 3. The van der Waals surface area contributed by atoms with Gasteiger partial charge in [-0.1, -0.05) is 30.3 Å². The van der Waals surface area contributed by atoms with E-state index in [1.54, 1.807) is 21.6 Å². The molecule has 2 fully saturated rings. The Morgan fingerprint density at radius 3 is 2.27 bits per heavy atom. The van der Waals surface area contributed by atoms with Crippen molar-refractivity contribution in [2.75, 3.05) is 26.2 Å². The van der Waals surface area contributed by atoms with E-state index in [4.69, 9.17) is 0 Å². The van der Waals surface area contributed by atoms with Gasteiger partial charge in [0, 0.05) is 43.9 Å². The smallest absolute Gasteiger partial charge is 0.340 e. The molecule has 232 valence electrons. The predicted octanol–water partition coefficient (Wildman–Crippen LogP) is 3.45. The van der Waals surface area contributed by atoms with Gasteiger partial charge in [-0.2, -0.15) is 17.9 Å². The molecule has 3 aromatic rings. The number of hydrogen-bond donors (Lipinski definition) is 1. The maximum atomic E-state index is 13.3. The second-order valence-electron chi connectivity index (χ2n) is 11.7.